The third kappa shape index (κ3) is 2.64. The quantitative estimate of drug-likeness (QED) is 0.864. The molecule has 4 heteroatoms. The van der Waals surface area contributed by atoms with E-state index in [1.807, 2.05) is 6.20 Å². The molecule has 0 unspecified atom stereocenters. The molecule has 74 valence electrons. The number of thiophene rings is 1. The third-order valence-electron chi connectivity index (χ3n) is 1.85. The van der Waals surface area contributed by atoms with E-state index in [9.17, 15) is 0 Å². The Balaban J connectivity index is 1.78. The van der Waals surface area contributed by atoms with Crippen molar-refractivity contribution in [2.24, 2.45) is 0 Å². The van der Waals surface area contributed by atoms with E-state index in [1.54, 1.807) is 22.7 Å². The largest absolute Gasteiger partial charge is 0.306 e. The molecule has 2 aromatic rings. The Bertz CT molecular complexity index is 378. The van der Waals surface area contributed by atoms with Crippen molar-refractivity contribution in [3.63, 3.8) is 0 Å². The first kappa shape index (κ1) is 9.83. The summed E-state index contributed by atoms with van der Waals surface area (Å²) < 4.78 is 0. The molecule has 2 rings (SSSR count). The summed E-state index contributed by atoms with van der Waals surface area (Å²) in [6.45, 7) is 3.89. The van der Waals surface area contributed by atoms with E-state index in [0.717, 1.165) is 18.1 Å². The highest BCUT2D eigenvalue weighted by molar-refractivity contribution is 7.11. The number of nitrogens with one attached hydrogen (secondary N) is 1. The maximum absolute atomic E-state index is 4.29. The molecule has 0 saturated carbocycles. The van der Waals surface area contributed by atoms with Crippen molar-refractivity contribution >= 4 is 22.7 Å². The Morgan fingerprint density at radius 1 is 1.43 bits per heavy atom. The van der Waals surface area contributed by atoms with Gasteiger partial charge in [0.25, 0.3) is 0 Å². The highest BCUT2D eigenvalue weighted by Crippen LogP contribution is 2.11. The summed E-state index contributed by atoms with van der Waals surface area (Å²) in [6, 6.07) is 2.14. The molecule has 0 atom stereocenters. The van der Waals surface area contributed by atoms with Gasteiger partial charge in [0.15, 0.2) is 0 Å². The molecular formula is C10H12N2S2. The van der Waals surface area contributed by atoms with Gasteiger partial charge in [0, 0.05) is 24.2 Å². The first-order valence-electron chi connectivity index (χ1n) is 4.48. The maximum Gasteiger partial charge on any atom is 0.107 e. The average molecular weight is 224 g/mol. The Morgan fingerprint density at radius 2 is 2.36 bits per heavy atom. The molecule has 2 nitrogen and oxygen atoms in total. The zero-order valence-electron chi connectivity index (χ0n) is 7.99. The van der Waals surface area contributed by atoms with Gasteiger partial charge >= 0.3 is 0 Å². The summed E-state index contributed by atoms with van der Waals surface area (Å²) >= 11 is 3.49. The summed E-state index contributed by atoms with van der Waals surface area (Å²) in [5.41, 5.74) is 1.35. The number of hydrogen-bond donors (Lipinski definition) is 1. The number of hydrogen-bond acceptors (Lipinski definition) is 4. The van der Waals surface area contributed by atoms with Crippen LogP contribution in [0.4, 0.5) is 0 Å². The Kier molecular flexibility index (Phi) is 3.29. The summed E-state index contributed by atoms with van der Waals surface area (Å²) in [4.78, 5) is 5.57. The minimum atomic E-state index is 0.869. The number of nitrogens with zero attached hydrogens (tertiary/aromatic N) is 1. The van der Waals surface area contributed by atoms with Crippen molar-refractivity contribution in [1.82, 2.24) is 10.3 Å². The minimum Gasteiger partial charge on any atom is -0.306 e. The fourth-order valence-corrected chi connectivity index (χ4v) is 2.62. The number of aryl methyl sites for hydroxylation is 1. The topological polar surface area (TPSA) is 24.9 Å². The second-order valence-corrected chi connectivity index (χ2v) is 5.20. The van der Waals surface area contributed by atoms with Gasteiger partial charge in [-0.1, -0.05) is 0 Å². The Morgan fingerprint density at radius 3 is 3.00 bits per heavy atom. The summed E-state index contributed by atoms with van der Waals surface area (Å²) in [7, 11) is 0. The van der Waals surface area contributed by atoms with E-state index in [-0.39, 0.29) is 0 Å². The zero-order valence-corrected chi connectivity index (χ0v) is 9.62. The number of thiazole rings is 1. The second-order valence-electron chi connectivity index (χ2n) is 3.10. The van der Waals surface area contributed by atoms with Gasteiger partial charge in [-0.3, -0.25) is 0 Å². The van der Waals surface area contributed by atoms with Gasteiger partial charge in [0.05, 0.1) is 0 Å². The van der Waals surface area contributed by atoms with Crippen LogP contribution in [0, 0.1) is 6.92 Å². The van der Waals surface area contributed by atoms with E-state index in [1.165, 1.54) is 10.4 Å². The fraction of sp³-hybridized carbons (Fsp3) is 0.300. The monoisotopic (exact) mass is 224 g/mol. The molecule has 0 saturated heterocycles. The molecule has 0 radical (unpaired) electrons. The van der Waals surface area contributed by atoms with Gasteiger partial charge in [0.1, 0.15) is 5.01 Å². The van der Waals surface area contributed by atoms with Crippen molar-refractivity contribution < 1.29 is 0 Å². The van der Waals surface area contributed by atoms with Crippen molar-refractivity contribution in [2.75, 3.05) is 0 Å². The second kappa shape index (κ2) is 4.68. The molecule has 14 heavy (non-hydrogen) atoms. The van der Waals surface area contributed by atoms with Crippen LogP contribution in [0.15, 0.2) is 23.0 Å². The van der Waals surface area contributed by atoms with Crippen LogP contribution in [0.25, 0.3) is 0 Å². The van der Waals surface area contributed by atoms with Gasteiger partial charge in [0.2, 0.25) is 0 Å². The van der Waals surface area contributed by atoms with Crippen LogP contribution >= 0.6 is 22.7 Å². The van der Waals surface area contributed by atoms with Gasteiger partial charge in [-0.2, -0.15) is 11.3 Å². The third-order valence-corrected chi connectivity index (χ3v) is 3.50. The molecular weight excluding hydrogens is 212 g/mol. The van der Waals surface area contributed by atoms with Gasteiger partial charge in [-0.25, -0.2) is 4.98 Å². The number of aromatic nitrogens is 1. The van der Waals surface area contributed by atoms with Crippen molar-refractivity contribution in [3.05, 3.63) is 38.5 Å². The molecule has 0 fully saturated rings. The predicted molar refractivity (Wildman–Crippen MR) is 61.7 cm³/mol. The average Bonchev–Trinajstić information content (AvgIpc) is 2.77. The lowest BCUT2D eigenvalue weighted by molar-refractivity contribution is 0.691. The van der Waals surface area contributed by atoms with E-state index in [4.69, 9.17) is 0 Å². The zero-order chi connectivity index (χ0) is 9.80. The minimum absolute atomic E-state index is 0.869. The van der Waals surface area contributed by atoms with E-state index < -0.39 is 0 Å². The van der Waals surface area contributed by atoms with Crippen LogP contribution in [-0.4, -0.2) is 4.98 Å². The van der Waals surface area contributed by atoms with Gasteiger partial charge < -0.3 is 5.32 Å². The first-order chi connectivity index (χ1) is 6.84. The van der Waals surface area contributed by atoms with Gasteiger partial charge in [-0.05, 0) is 29.3 Å². The molecule has 0 amide bonds. The molecule has 0 aliphatic heterocycles. The van der Waals surface area contributed by atoms with E-state index in [0.29, 0.717) is 0 Å². The van der Waals surface area contributed by atoms with Crippen LogP contribution in [0.1, 0.15) is 15.4 Å². The Hall–Kier alpha value is -0.710. The molecule has 0 aromatic carbocycles. The van der Waals surface area contributed by atoms with Crippen molar-refractivity contribution in [2.45, 2.75) is 20.0 Å². The first-order valence-corrected chi connectivity index (χ1v) is 6.23. The lowest BCUT2D eigenvalue weighted by Gasteiger charge is -1.99. The normalized spacial score (nSPS) is 10.6. The Labute approximate surface area is 91.6 Å². The van der Waals surface area contributed by atoms with Crippen LogP contribution in [0.2, 0.25) is 0 Å². The summed E-state index contributed by atoms with van der Waals surface area (Å²) in [6.07, 6.45) is 1.92. The molecule has 0 aliphatic rings. The molecule has 0 spiro atoms. The van der Waals surface area contributed by atoms with Crippen LogP contribution in [0.5, 0.6) is 0 Å². The lowest BCUT2D eigenvalue weighted by atomic mass is 10.3. The van der Waals surface area contributed by atoms with Crippen LogP contribution in [0.3, 0.4) is 0 Å². The van der Waals surface area contributed by atoms with Crippen LogP contribution < -0.4 is 5.32 Å². The number of rotatable bonds is 4. The standard InChI is InChI=1S/C10H12N2S2/c1-8-4-12-10(14-8)6-11-5-9-2-3-13-7-9/h2-4,7,11H,5-6H2,1H3. The van der Waals surface area contributed by atoms with E-state index >= 15 is 0 Å². The van der Waals surface area contributed by atoms with E-state index in [2.05, 4.69) is 34.1 Å². The molecule has 0 aliphatic carbocycles. The van der Waals surface area contributed by atoms with Gasteiger partial charge in [-0.15, -0.1) is 11.3 Å². The summed E-state index contributed by atoms with van der Waals surface area (Å²) in [5, 5.41) is 8.81. The van der Waals surface area contributed by atoms with Crippen molar-refractivity contribution in [3.8, 4) is 0 Å². The molecule has 0 bridgehead atoms. The predicted octanol–water partition coefficient (Wildman–Crippen LogP) is 2.80. The highest BCUT2D eigenvalue weighted by atomic mass is 32.1. The van der Waals surface area contributed by atoms with Crippen LogP contribution in [-0.2, 0) is 13.1 Å². The molecule has 2 aromatic heterocycles. The highest BCUT2D eigenvalue weighted by Gasteiger charge is 1.98. The molecule has 1 N–H and O–H groups in total. The van der Waals surface area contributed by atoms with Crippen molar-refractivity contribution in [1.29, 1.82) is 0 Å². The fourth-order valence-electron chi connectivity index (χ4n) is 1.19. The SMILES string of the molecule is Cc1cnc(CNCc2ccsc2)s1. The lowest BCUT2D eigenvalue weighted by Crippen LogP contribution is -2.11. The summed E-state index contributed by atoms with van der Waals surface area (Å²) in [5.74, 6) is 0. The maximum atomic E-state index is 4.29. The molecule has 2 heterocycles. The smallest absolute Gasteiger partial charge is 0.107 e.